The molecule has 170 valence electrons. The summed E-state index contributed by atoms with van der Waals surface area (Å²) in [5.74, 6) is 0. The Bertz CT molecular complexity index is 785. The normalized spacial score (nSPS) is 11.9. The predicted octanol–water partition coefficient (Wildman–Crippen LogP) is 1.64. The quantitative estimate of drug-likeness (QED) is 0.157. The number of carboxylic acid groups (broad SMARTS) is 4. The Morgan fingerprint density at radius 1 is 0.600 bits per heavy atom. The van der Waals surface area contributed by atoms with Gasteiger partial charge in [0.2, 0.25) is 0 Å². The Hall–Kier alpha value is -3.38. The molecule has 0 aliphatic carbocycles. The van der Waals surface area contributed by atoms with Crippen LogP contribution in [0.1, 0.15) is 6.92 Å². The molecule has 0 aromatic rings. The fraction of sp³-hybridized carbons (Fsp3) is 0.333. The topological polar surface area (TPSA) is 266 Å². The molecule has 0 fully saturated rings. The van der Waals surface area contributed by atoms with E-state index in [0.29, 0.717) is 0 Å². The summed E-state index contributed by atoms with van der Waals surface area (Å²) < 4.78 is 0. The minimum absolute atomic E-state index is 0.199. The molecule has 0 spiro atoms. The van der Waals surface area contributed by atoms with Crippen LogP contribution in [0.5, 0.6) is 0 Å². The molecule has 8 N–H and O–H groups in total. The van der Waals surface area contributed by atoms with Crippen molar-refractivity contribution in [2.75, 3.05) is 20.3 Å². The van der Waals surface area contributed by atoms with Gasteiger partial charge in [-0.1, -0.05) is 0 Å². The Kier molecular flexibility index (Phi) is 9.24. The van der Waals surface area contributed by atoms with Gasteiger partial charge in [0.15, 0.2) is 0 Å². The molecule has 30 heavy (non-hydrogen) atoms. The van der Waals surface area contributed by atoms with Crippen LogP contribution in [0.15, 0.2) is 0 Å². The van der Waals surface area contributed by atoms with Crippen LogP contribution in [-0.4, -0.2) is 86.1 Å². The molecule has 0 aliphatic heterocycles. The van der Waals surface area contributed by atoms with Crippen LogP contribution < -0.4 is 21.3 Å². The Morgan fingerprint density at radius 2 is 0.900 bits per heavy atom. The van der Waals surface area contributed by atoms with Crippen LogP contribution >= 0.6 is 14.5 Å². The van der Waals surface area contributed by atoms with E-state index in [2.05, 4.69) is 0 Å². The summed E-state index contributed by atoms with van der Waals surface area (Å²) in [4.78, 5) is 93.8. The first kappa shape index (κ1) is 26.6. The van der Waals surface area contributed by atoms with E-state index in [9.17, 15) is 48.6 Å². The minimum atomic E-state index is -5.49. The third-order valence-electron chi connectivity index (χ3n) is 3.71. The van der Waals surface area contributed by atoms with E-state index in [-0.39, 0.29) is 6.54 Å². The van der Waals surface area contributed by atoms with E-state index >= 15 is 0 Å². The Labute approximate surface area is 168 Å². The van der Waals surface area contributed by atoms with Crippen molar-refractivity contribution in [2.45, 2.75) is 6.92 Å². The molecule has 18 heteroatoms. The molecule has 0 unspecified atom stereocenters. The molecule has 4 amide bonds. The molecule has 0 saturated heterocycles. The van der Waals surface area contributed by atoms with Gasteiger partial charge in [0.05, 0.1) is 0 Å². The molecule has 0 radical (unpaired) electrons. The molecular weight excluding hydrogens is 454 g/mol. The van der Waals surface area contributed by atoms with Crippen molar-refractivity contribution in [2.24, 2.45) is 0 Å². The van der Waals surface area contributed by atoms with Gasteiger partial charge < -0.3 is 0 Å². The first-order valence-electron chi connectivity index (χ1n) is 7.80. The number of carbonyl (C=O) groups is 8. The molecule has 0 bridgehead atoms. The zero-order valence-corrected chi connectivity index (χ0v) is 17.5. The van der Waals surface area contributed by atoms with Crippen molar-refractivity contribution in [1.29, 1.82) is 0 Å². The van der Waals surface area contributed by atoms with Gasteiger partial charge in [-0.05, 0) is 0 Å². The summed E-state index contributed by atoms with van der Waals surface area (Å²) in [5.41, 5.74) is -15.7. The summed E-state index contributed by atoms with van der Waals surface area (Å²) in [6, 6.07) is 0. The van der Waals surface area contributed by atoms with E-state index in [1.54, 1.807) is 16.0 Å². The summed E-state index contributed by atoms with van der Waals surface area (Å²) in [7, 11) is -10.1. The molecular formula is C12H20N4O12P2. The predicted molar refractivity (Wildman–Crippen MR) is 104 cm³/mol. The third-order valence-corrected chi connectivity index (χ3v) is 9.78. The molecule has 0 rings (SSSR count). The summed E-state index contributed by atoms with van der Waals surface area (Å²) in [5, 5.41) is 43.7. The van der Waals surface area contributed by atoms with Crippen LogP contribution in [0.4, 0.5) is 38.4 Å². The van der Waals surface area contributed by atoms with Gasteiger partial charge in [-0.15, -0.1) is 0 Å². The number of amides is 4. The maximum atomic E-state index is 12.2. The van der Waals surface area contributed by atoms with Crippen LogP contribution in [-0.2, 0) is 0 Å². The zero-order valence-electron chi connectivity index (χ0n) is 15.5. The first-order chi connectivity index (χ1) is 13.8. The van der Waals surface area contributed by atoms with E-state index in [1.807, 2.05) is 5.32 Å². The maximum absolute atomic E-state index is 12.2. The van der Waals surface area contributed by atoms with E-state index in [0.717, 1.165) is 7.05 Å². The van der Waals surface area contributed by atoms with Gasteiger partial charge in [-0.3, -0.25) is 0 Å². The molecule has 0 heterocycles. The SMILES string of the molecule is CCNC(=O)[PH](C(=O)O)(C(=O)O)C(=O)NCNC(=O)[PH](C(=O)O)(C(=O)O)C(=O)NC. The third kappa shape index (κ3) is 4.44. The molecule has 0 atom stereocenters. The number of hydrogen-bond acceptors (Lipinski definition) is 8. The van der Waals surface area contributed by atoms with E-state index in [4.69, 9.17) is 10.2 Å². The van der Waals surface area contributed by atoms with Crippen molar-refractivity contribution >= 4 is 60.0 Å². The molecule has 16 nitrogen and oxygen atoms in total. The van der Waals surface area contributed by atoms with Gasteiger partial charge in [-0.2, -0.15) is 0 Å². The van der Waals surface area contributed by atoms with Gasteiger partial charge in [0.1, 0.15) is 0 Å². The van der Waals surface area contributed by atoms with E-state index in [1.165, 1.54) is 6.92 Å². The fourth-order valence-electron chi connectivity index (χ4n) is 2.12. The van der Waals surface area contributed by atoms with Gasteiger partial charge in [0, 0.05) is 0 Å². The van der Waals surface area contributed by atoms with Gasteiger partial charge in [-0.25, -0.2) is 0 Å². The summed E-state index contributed by atoms with van der Waals surface area (Å²) in [6.07, 6.45) is 0. The monoisotopic (exact) mass is 474 g/mol. The molecule has 0 aromatic carbocycles. The number of rotatable bonds is 11. The van der Waals surface area contributed by atoms with E-state index < -0.39 is 66.6 Å². The van der Waals surface area contributed by atoms with Crippen molar-refractivity contribution in [3.63, 3.8) is 0 Å². The van der Waals surface area contributed by atoms with Crippen LogP contribution in [0.3, 0.4) is 0 Å². The molecule has 0 saturated carbocycles. The fourth-order valence-corrected chi connectivity index (χ4v) is 5.97. The Balaban J connectivity index is 5.77. The van der Waals surface area contributed by atoms with Crippen molar-refractivity contribution in [1.82, 2.24) is 21.3 Å². The number of hydrogen-bond donors (Lipinski definition) is 8. The molecule has 0 aromatic heterocycles. The van der Waals surface area contributed by atoms with Crippen LogP contribution in [0, 0.1) is 0 Å². The second-order valence-corrected chi connectivity index (χ2v) is 11.9. The van der Waals surface area contributed by atoms with Crippen molar-refractivity contribution < 1.29 is 58.8 Å². The first-order valence-corrected chi connectivity index (χ1v) is 11.8. The average Bonchev–Trinajstić information content (AvgIpc) is 2.61. The number of nitrogens with one attached hydrogen (secondary N) is 4. The van der Waals surface area contributed by atoms with Crippen LogP contribution in [0.25, 0.3) is 0 Å². The standard InChI is InChI=1S/C12H20N4O12P2/c1-3-14-6(18)30(11(25)26,12(27)28)8(20)16-4-15-7(19)29(9(21)22,10(23)24)5(17)13-2/h29-30H,3-4H2,1-2H3,(H,13,17)(H,14,18)(H,15,19)(H,16,20)(H,21,22)(H,23,24)(H,25,26)(H,27,28). The van der Waals surface area contributed by atoms with Gasteiger partial charge >= 0.3 is 167 Å². The molecule has 0 aliphatic rings. The summed E-state index contributed by atoms with van der Waals surface area (Å²) >= 11 is 0. The second-order valence-electron chi connectivity index (χ2n) is 5.35. The zero-order chi connectivity index (χ0) is 23.9. The Morgan fingerprint density at radius 3 is 1.17 bits per heavy atom. The number of carbonyl (C=O) groups excluding carboxylic acids is 4. The van der Waals surface area contributed by atoms with Crippen molar-refractivity contribution in [3.8, 4) is 0 Å². The van der Waals surface area contributed by atoms with Crippen molar-refractivity contribution in [3.05, 3.63) is 0 Å². The second kappa shape index (κ2) is 10.4. The summed E-state index contributed by atoms with van der Waals surface area (Å²) in [6.45, 7) is -0.0198. The van der Waals surface area contributed by atoms with Crippen LogP contribution in [0.2, 0.25) is 0 Å². The average molecular weight is 474 g/mol. The van der Waals surface area contributed by atoms with Gasteiger partial charge in [0.25, 0.3) is 0 Å².